The number of nitriles is 1. The van der Waals surface area contributed by atoms with Crippen LogP contribution in [0.3, 0.4) is 0 Å². The van der Waals surface area contributed by atoms with Gasteiger partial charge in [0, 0.05) is 43.2 Å². The Morgan fingerprint density at radius 1 is 1.20 bits per heavy atom. The summed E-state index contributed by atoms with van der Waals surface area (Å²) in [6.07, 6.45) is 6.09. The molecule has 2 saturated heterocycles. The molecular formula is C21H24N4O2S3. The molecule has 1 saturated carbocycles. The van der Waals surface area contributed by atoms with Crippen molar-refractivity contribution in [3.8, 4) is 6.07 Å². The van der Waals surface area contributed by atoms with Crippen LogP contribution in [-0.4, -0.2) is 50.3 Å². The molecule has 1 aromatic heterocycles. The second-order valence-electron chi connectivity index (χ2n) is 7.80. The Morgan fingerprint density at radius 3 is 2.50 bits per heavy atom. The lowest BCUT2D eigenvalue weighted by atomic mass is 10.0. The molecule has 0 N–H and O–H groups in total. The number of anilines is 1. The van der Waals surface area contributed by atoms with Gasteiger partial charge >= 0.3 is 0 Å². The van der Waals surface area contributed by atoms with Crippen LogP contribution in [0.2, 0.25) is 0 Å². The number of rotatable bonds is 3. The minimum absolute atomic E-state index is 0.0520. The van der Waals surface area contributed by atoms with Crippen molar-refractivity contribution < 1.29 is 4.79 Å². The number of amides is 1. The minimum atomic E-state index is -0.293. The quantitative estimate of drug-likeness (QED) is 0.506. The van der Waals surface area contributed by atoms with Gasteiger partial charge < -0.3 is 4.90 Å². The number of carbonyl (C=O) groups is 1. The molecule has 6 nitrogen and oxygen atoms in total. The zero-order valence-corrected chi connectivity index (χ0v) is 19.6. The zero-order valence-electron chi connectivity index (χ0n) is 17.1. The van der Waals surface area contributed by atoms with Crippen LogP contribution >= 0.6 is 35.7 Å². The predicted octanol–water partition coefficient (Wildman–Crippen LogP) is 3.26. The second-order valence-corrected chi connectivity index (χ2v) is 10.7. The lowest BCUT2D eigenvalue weighted by Crippen LogP contribution is -2.38. The Balaban J connectivity index is 1.82. The summed E-state index contributed by atoms with van der Waals surface area (Å²) in [5.74, 6) is 2.69. The second kappa shape index (κ2) is 8.77. The van der Waals surface area contributed by atoms with Gasteiger partial charge in [-0.2, -0.15) is 17.0 Å². The molecule has 1 aliphatic carbocycles. The van der Waals surface area contributed by atoms with Crippen molar-refractivity contribution in [3.05, 3.63) is 31.9 Å². The van der Waals surface area contributed by atoms with Crippen molar-refractivity contribution >= 4 is 57.9 Å². The standard InChI is InChI=1S/C21H24N4O2S3/c1-13-15(11-17-20(27)25(21(28)30-17)14-5-3-4-6-14)18(24-7-9-29-10-8-24)23(2)19(26)16(13)12-22/h11,14H,3-10H2,1-2H3. The van der Waals surface area contributed by atoms with Gasteiger partial charge in [0.15, 0.2) is 0 Å². The summed E-state index contributed by atoms with van der Waals surface area (Å²) in [4.78, 5) is 30.6. The van der Waals surface area contributed by atoms with Gasteiger partial charge in [-0.3, -0.25) is 19.1 Å². The first kappa shape index (κ1) is 21.5. The van der Waals surface area contributed by atoms with Crippen LogP contribution in [0.25, 0.3) is 6.08 Å². The average Bonchev–Trinajstić information content (AvgIpc) is 3.35. The maximum absolute atomic E-state index is 13.2. The van der Waals surface area contributed by atoms with E-state index >= 15 is 0 Å². The van der Waals surface area contributed by atoms with E-state index in [4.69, 9.17) is 12.2 Å². The van der Waals surface area contributed by atoms with E-state index in [1.807, 2.05) is 17.8 Å². The third-order valence-electron chi connectivity index (χ3n) is 6.07. The maximum atomic E-state index is 13.2. The Hall–Kier alpha value is -1.76. The van der Waals surface area contributed by atoms with Gasteiger partial charge in [0.05, 0.1) is 4.91 Å². The van der Waals surface area contributed by atoms with E-state index in [-0.39, 0.29) is 23.1 Å². The topological polar surface area (TPSA) is 69.3 Å². The molecule has 3 heterocycles. The van der Waals surface area contributed by atoms with E-state index < -0.39 is 0 Å². The minimum Gasteiger partial charge on any atom is -0.356 e. The number of thiocarbonyl (C=S) groups is 1. The SMILES string of the molecule is Cc1c(C=C2SC(=S)N(C3CCCC3)C2=O)c(N2CCSCC2)n(C)c(=O)c1C#N. The molecule has 4 rings (SSSR count). The molecule has 3 fully saturated rings. The molecule has 1 aromatic rings. The zero-order chi connectivity index (χ0) is 21.4. The molecule has 0 bridgehead atoms. The molecule has 2 aliphatic heterocycles. The summed E-state index contributed by atoms with van der Waals surface area (Å²) in [7, 11) is 1.71. The van der Waals surface area contributed by atoms with Crippen LogP contribution in [0.4, 0.5) is 5.82 Å². The number of pyridine rings is 1. The third kappa shape index (κ3) is 3.70. The molecule has 9 heteroatoms. The maximum Gasteiger partial charge on any atom is 0.270 e. The highest BCUT2D eigenvalue weighted by molar-refractivity contribution is 8.26. The molecule has 0 unspecified atom stereocenters. The first-order valence-corrected chi connectivity index (χ1v) is 12.6. The van der Waals surface area contributed by atoms with Crippen molar-refractivity contribution in [2.24, 2.45) is 7.05 Å². The largest absolute Gasteiger partial charge is 0.356 e. The highest BCUT2D eigenvalue weighted by Gasteiger charge is 2.38. The highest BCUT2D eigenvalue weighted by atomic mass is 32.2. The third-order valence-corrected chi connectivity index (χ3v) is 8.34. The Labute approximate surface area is 190 Å². The molecule has 158 valence electrons. The summed E-state index contributed by atoms with van der Waals surface area (Å²) in [5, 5.41) is 9.59. The van der Waals surface area contributed by atoms with E-state index in [1.54, 1.807) is 23.4 Å². The van der Waals surface area contributed by atoms with Gasteiger partial charge in [0.2, 0.25) is 0 Å². The molecule has 0 radical (unpaired) electrons. The number of carbonyl (C=O) groups excluding carboxylic acids is 1. The highest BCUT2D eigenvalue weighted by Crippen LogP contribution is 2.39. The van der Waals surface area contributed by atoms with E-state index in [0.717, 1.165) is 61.7 Å². The lowest BCUT2D eigenvalue weighted by Gasteiger charge is -2.32. The van der Waals surface area contributed by atoms with Crippen molar-refractivity contribution in [1.29, 1.82) is 5.26 Å². The molecule has 30 heavy (non-hydrogen) atoms. The summed E-state index contributed by atoms with van der Waals surface area (Å²) < 4.78 is 2.17. The van der Waals surface area contributed by atoms with Crippen molar-refractivity contribution in [3.63, 3.8) is 0 Å². The van der Waals surface area contributed by atoms with Crippen LogP contribution in [-0.2, 0) is 11.8 Å². The van der Waals surface area contributed by atoms with Gasteiger partial charge in [-0.25, -0.2) is 0 Å². The number of thioether (sulfide) groups is 2. The fourth-order valence-corrected chi connectivity index (χ4v) is 6.74. The Morgan fingerprint density at radius 2 is 1.87 bits per heavy atom. The Bertz CT molecular complexity index is 1030. The van der Waals surface area contributed by atoms with Crippen molar-refractivity contribution in [2.45, 2.75) is 38.6 Å². The normalized spacial score (nSPS) is 21.7. The van der Waals surface area contributed by atoms with Gasteiger partial charge in [0.25, 0.3) is 11.5 Å². The summed E-state index contributed by atoms with van der Waals surface area (Å²) in [6, 6.07) is 2.25. The van der Waals surface area contributed by atoms with Crippen molar-refractivity contribution in [1.82, 2.24) is 9.47 Å². The summed E-state index contributed by atoms with van der Waals surface area (Å²) >= 11 is 8.76. The van der Waals surface area contributed by atoms with E-state index in [9.17, 15) is 14.9 Å². The Kier molecular flexibility index (Phi) is 6.28. The van der Waals surface area contributed by atoms with Crippen LogP contribution in [0, 0.1) is 18.3 Å². The number of hydrogen-bond acceptors (Lipinski definition) is 7. The molecule has 0 aromatic carbocycles. The number of hydrogen-bond donors (Lipinski definition) is 0. The number of nitrogens with zero attached hydrogens (tertiary/aromatic N) is 4. The van der Waals surface area contributed by atoms with E-state index in [0.29, 0.717) is 14.8 Å². The lowest BCUT2D eigenvalue weighted by molar-refractivity contribution is -0.123. The van der Waals surface area contributed by atoms with Gasteiger partial charge in [-0.1, -0.05) is 36.8 Å². The fourth-order valence-electron chi connectivity index (χ4n) is 4.46. The van der Waals surface area contributed by atoms with Gasteiger partial charge in [-0.15, -0.1) is 0 Å². The summed E-state index contributed by atoms with van der Waals surface area (Å²) in [6.45, 7) is 3.45. The van der Waals surface area contributed by atoms with Gasteiger partial charge in [0.1, 0.15) is 21.8 Å². The van der Waals surface area contributed by atoms with Gasteiger partial charge in [-0.05, 0) is 31.4 Å². The van der Waals surface area contributed by atoms with Crippen LogP contribution in [0.15, 0.2) is 9.70 Å². The average molecular weight is 461 g/mol. The predicted molar refractivity (Wildman–Crippen MR) is 128 cm³/mol. The molecule has 3 aliphatic rings. The van der Waals surface area contributed by atoms with E-state index in [2.05, 4.69) is 11.0 Å². The molecule has 0 spiro atoms. The molecule has 0 atom stereocenters. The smallest absolute Gasteiger partial charge is 0.270 e. The molecular weight excluding hydrogens is 436 g/mol. The summed E-state index contributed by atoms with van der Waals surface area (Å²) in [5.41, 5.74) is 1.23. The fraction of sp³-hybridized carbons (Fsp3) is 0.524. The van der Waals surface area contributed by atoms with Crippen LogP contribution < -0.4 is 10.5 Å². The monoisotopic (exact) mass is 460 g/mol. The van der Waals surface area contributed by atoms with Crippen molar-refractivity contribution in [2.75, 3.05) is 29.5 Å². The first-order chi connectivity index (χ1) is 14.4. The van der Waals surface area contributed by atoms with Crippen LogP contribution in [0.5, 0.6) is 0 Å². The van der Waals surface area contributed by atoms with Crippen LogP contribution in [0.1, 0.15) is 42.4 Å². The molecule has 1 amide bonds. The van der Waals surface area contributed by atoms with E-state index in [1.165, 1.54) is 11.8 Å². The first-order valence-electron chi connectivity index (χ1n) is 10.2. The number of aromatic nitrogens is 1.